The maximum Gasteiger partial charge on any atom is 0.345 e. The lowest BCUT2D eigenvalue weighted by Crippen LogP contribution is -2.26. The third kappa shape index (κ3) is 4.73. The van der Waals surface area contributed by atoms with Crippen molar-refractivity contribution in [3.8, 4) is 16.2 Å². The largest absolute Gasteiger partial charge is 0.478 e. The van der Waals surface area contributed by atoms with Gasteiger partial charge in [-0.1, -0.05) is 60.7 Å². The summed E-state index contributed by atoms with van der Waals surface area (Å²) in [4.78, 5) is 12.8. The first-order valence-corrected chi connectivity index (χ1v) is 10.2. The van der Waals surface area contributed by atoms with Crippen molar-refractivity contribution in [2.24, 2.45) is 0 Å². The van der Waals surface area contributed by atoms with Crippen LogP contribution in [0.5, 0.6) is 5.75 Å². The molecule has 1 unspecified atom stereocenters. The number of ether oxygens (including phenoxy) is 1. The molecular formula is C25H20O3S. The average molecular weight is 400 g/mol. The summed E-state index contributed by atoms with van der Waals surface area (Å²) in [5, 5.41) is 10.7. The van der Waals surface area contributed by atoms with E-state index in [1.165, 1.54) is 15.0 Å². The van der Waals surface area contributed by atoms with Gasteiger partial charge in [-0.15, -0.1) is 11.3 Å². The van der Waals surface area contributed by atoms with Crippen LogP contribution in [0.15, 0.2) is 91.0 Å². The van der Waals surface area contributed by atoms with E-state index in [4.69, 9.17) is 4.74 Å². The van der Waals surface area contributed by atoms with Crippen LogP contribution in [0.4, 0.5) is 0 Å². The molecule has 1 heterocycles. The first-order valence-electron chi connectivity index (χ1n) is 9.39. The number of carbonyl (C=O) groups is 1. The quantitative estimate of drug-likeness (QED) is 0.385. The summed E-state index contributed by atoms with van der Waals surface area (Å²) in [6.45, 7) is 0. The van der Waals surface area contributed by atoms with Crippen LogP contribution in [-0.2, 0) is 4.79 Å². The number of hydrogen-bond donors (Lipinski definition) is 1. The molecule has 4 rings (SSSR count). The number of carboxylic acid groups (broad SMARTS) is 1. The topological polar surface area (TPSA) is 46.5 Å². The van der Waals surface area contributed by atoms with Crippen molar-refractivity contribution >= 4 is 33.5 Å². The van der Waals surface area contributed by atoms with Crippen LogP contribution in [0, 0.1) is 0 Å². The van der Waals surface area contributed by atoms with E-state index < -0.39 is 12.1 Å². The lowest BCUT2D eigenvalue weighted by molar-refractivity contribution is -0.144. The smallest absolute Gasteiger partial charge is 0.345 e. The van der Waals surface area contributed by atoms with E-state index in [9.17, 15) is 9.90 Å². The summed E-state index contributed by atoms with van der Waals surface area (Å²) in [6, 6.07) is 27.9. The van der Waals surface area contributed by atoms with Gasteiger partial charge in [-0.2, -0.15) is 0 Å². The minimum atomic E-state index is -0.976. The van der Waals surface area contributed by atoms with E-state index in [1.54, 1.807) is 11.3 Å². The Morgan fingerprint density at radius 1 is 0.966 bits per heavy atom. The van der Waals surface area contributed by atoms with Gasteiger partial charge in [0.2, 0.25) is 0 Å². The SMILES string of the molecule is O=C(O)C(CC=Cc1ccccc1)Oc1ccc(-c2cc3ccccc3s2)cc1. The number of hydrogen-bond acceptors (Lipinski definition) is 3. The fourth-order valence-corrected chi connectivity index (χ4v) is 4.15. The number of aliphatic carboxylic acids is 1. The predicted molar refractivity (Wildman–Crippen MR) is 119 cm³/mol. The van der Waals surface area contributed by atoms with Crippen molar-refractivity contribution in [1.29, 1.82) is 0 Å². The van der Waals surface area contributed by atoms with Gasteiger partial charge in [0, 0.05) is 16.0 Å². The fraction of sp³-hybridized carbons (Fsp3) is 0.0800. The van der Waals surface area contributed by atoms with Crippen LogP contribution in [0.25, 0.3) is 26.6 Å². The zero-order valence-corrected chi connectivity index (χ0v) is 16.5. The molecule has 0 saturated heterocycles. The van der Waals surface area contributed by atoms with Gasteiger partial charge in [-0.25, -0.2) is 4.79 Å². The molecule has 0 aliphatic rings. The molecule has 4 aromatic rings. The van der Waals surface area contributed by atoms with Crippen LogP contribution >= 0.6 is 11.3 Å². The first-order chi connectivity index (χ1) is 14.2. The third-order valence-electron chi connectivity index (χ3n) is 4.58. The van der Waals surface area contributed by atoms with Gasteiger partial charge in [0.1, 0.15) is 5.75 Å². The summed E-state index contributed by atoms with van der Waals surface area (Å²) in [6.07, 6.45) is 3.11. The fourth-order valence-electron chi connectivity index (χ4n) is 3.08. The Kier molecular flexibility index (Phi) is 5.73. The molecule has 4 heteroatoms. The number of benzene rings is 3. The molecule has 0 spiro atoms. The summed E-state index contributed by atoms with van der Waals surface area (Å²) < 4.78 is 6.97. The van der Waals surface area contributed by atoms with Crippen LogP contribution in [0.2, 0.25) is 0 Å². The first kappa shape index (κ1) is 19.0. The maximum absolute atomic E-state index is 11.6. The van der Waals surface area contributed by atoms with Gasteiger partial charge in [0.25, 0.3) is 0 Å². The molecule has 1 aromatic heterocycles. The van der Waals surface area contributed by atoms with Gasteiger partial charge < -0.3 is 9.84 Å². The monoisotopic (exact) mass is 400 g/mol. The molecular weight excluding hydrogens is 380 g/mol. The molecule has 3 aromatic carbocycles. The zero-order valence-electron chi connectivity index (χ0n) is 15.7. The summed E-state index contributed by atoms with van der Waals surface area (Å²) >= 11 is 1.74. The van der Waals surface area contributed by atoms with Crippen molar-refractivity contribution in [2.45, 2.75) is 12.5 Å². The molecule has 1 atom stereocenters. The van der Waals surface area contributed by atoms with Crippen LogP contribution < -0.4 is 4.74 Å². The van der Waals surface area contributed by atoms with Gasteiger partial charge in [0.15, 0.2) is 6.10 Å². The summed E-state index contributed by atoms with van der Waals surface area (Å²) in [5.41, 5.74) is 2.12. The Hall–Kier alpha value is -3.37. The Bertz CT molecular complexity index is 1090. The standard InChI is InChI=1S/C25H20O3S/c26-25(27)22(11-6-9-18-7-2-1-3-8-18)28-21-15-13-19(14-16-21)24-17-20-10-4-5-12-23(20)29-24/h1-10,12-17,22H,11H2,(H,26,27). The average Bonchev–Trinajstić information content (AvgIpc) is 3.18. The van der Waals surface area contributed by atoms with E-state index in [1.807, 2.05) is 78.9 Å². The highest BCUT2D eigenvalue weighted by Gasteiger charge is 2.18. The van der Waals surface area contributed by atoms with E-state index >= 15 is 0 Å². The van der Waals surface area contributed by atoms with Gasteiger partial charge in [0.05, 0.1) is 0 Å². The molecule has 3 nitrogen and oxygen atoms in total. The van der Waals surface area contributed by atoms with Crippen molar-refractivity contribution < 1.29 is 14.6 Å². The number of carboxylic acids is 1. The number of rotatable bonds is 7. The predicted octanol–water partition coefficient (Wildman–Crippen LogP) is 6.50. The highest BCUT2D eigenvalue weighted by atomic mass is 32.1. The zero-order chi connectivity index (χ0) is 20.1. The lowest BCUT2D eigenvalue weighted by atomic mass is 10.1. The van der Waals surface area contributed by atoms with Gasteiger partial charge in [-0.3, -0.25) is 0 Å². The summed E-state index contributed by atoms with van der Waals surface area (Å²) in [7, 11) is 0. The van der Waals surface area contributed by atoms with Crippen molar-refractivity contribution in [2.75, 3.05) is 0 Å². The minimum Gasteiger partial charge on any atom is -0.478 e. The van der Waals surface area contributed by atoms with Crippen molar-refractivity contribution in [1.82, 2.24) is 0 Å². The Morgan fingerprint density at radius 2 is 1.69 bits per heavy atom. The molecule has 0 saturated carbocycles. The van der Waals surface area contributed by atoms with Crippen LogP contribution in [0.1, 0.15) is 12.0 Å². The maximum atomic E-state index is 11.6. The molecule has 0 radical (unpaired) electrons. The normalized spacial score (nSPS) is 12.3. The highest BCUT2D eigenvalue weighted by Crippen LogP contribution is 2.34. The Balaban J connectivity index is 1.44. The minimum absolute atomic E-state index is 0.294. The second-order valence-electron chi connectivity index (χ2n) is 6.67. The van der Waals surface area contributed by atoms with Gasteiger partial charge in [-0.05, 0) is 52.9 Å². The van der Waals surface area contributed by atoms with E-state index in [-0.39, 0.29) is 0 Å². The third-order valence-corrected chi connectivity index (χ3v) is 5.74. The van der Waals surface area contributed by atoms with Crippen LogP contribution in [-0.4, -0.2) is 17.2 Å². The Labute approximate surface area is 173 Å². The highest BCUT2D eigenvalue weighted by molar-refractivity contribution is 7.22. The van der Waals surface area contributed by atoms with Crippen molar-refractivity contribution in [3.05, 3.63) is 96.6 Å². The van der Waals surface area contributed by atoms with Crippen molar-refractivity contribution in [3.63, 3.8) is 0 Å². The van der Waals surface area contributed by atoms with E-state index in [0.29, 0.717) is 12.2 Å². The summed E-state index contributed by atoms with van der Waals surface area (Å²) in [5.74, 6) is -0.424. The lowest BCUT2D eigenvalue weighted by Gasteiger charge is -2.13. The molecule has 1 N–H and O–H groups in total. The molecule has 0 amide bonds. The molecule has 0 bridgehead atoms. The second-order valence-corrected chi connectivity index (χ2v) is 7.75. The molecule has 0 aliphatic heterocycles. The number of fused-ring (bicyclic) bond motifs is 1. The molecule has 0 fully saturated rings. The molecule has 0 aliphatic carbocycles. The van der Waals surface area contributed by atoms with E-state index in [2.05, 4.69) is 18.2 Å². The second kappa shape index (κ2) is 8.76. The molecule has 144 valence electrons. The number of thiophene rings is 1. The molecule has 29 heavy (non-hydrogen) atoms. The van der Waals surface area contributed by atoms with Gasteiger partial charge >= 0.3 is 5.97 Å². The van der Waals surface area contributed by atoms with Crippen LogP contribution in [0.3, 0.4) is 0 Å². The Morgan fingerprint density at radius 3 is 2.41 bits per heavy atom. The van der Waals surface area contributed by atoms with E-state index in [0.717, 1.165) is 11.1 Å².